The summed E-state index contributed by atoms with van der Waals surface area (Å²) in [6, 6.07) is 5.95. The van der Waals surface area contributed by atoms with E-state index in [9.17, 15) is 5.11 Å². The molecule has 4 heteroatoms. The molecule has 2 atom stereocenters. The van der Waals surface area contributed by atoms with Gasteiger partial charge >= 0.3 is 0 Å². The SMILES string of the molecule is Nc1cc(Br)ccc1SC1CCCCCC1O. The van der Waals surface area contributed by atoms with E-state index in [-0.39, 0.29) is 6.10 Å². The lowest BCUT2D eigenvalue weighted by atomic mass is 10.1. The Kier molecular flexibility index (Phi) is 4.77. The van der Waals surface area contributed by atoms with Gasteiger partial charge in [-0.05, 0) is 31.0 Å². The highest BCUT2D eigenvalue weighted by atomic mass is 79.9. The van der Waals surface area contributed by atoms with Crippen LogP contribution < -0.4 is 5.73 Å². The predicted octanol–water partition coefficient (Wildman–Crippen LogP) is 3.82. The molecule has 17 heavy (non-hydrogen) atoms. The van der Waals surface area contributed by atoms with Crippen LogP contribution >= 0.6 is 27.7 Å². The van der Waals surface area contributed by atoms with E-state index in [4.69, 9.17) is 5.73 Å². The summed E-state index contributed by atoms with van der Waals surface area (Å²) in [4.78, 5) is 1.08. The quantitative estimate of drug-likeness (QED) is 0.644. The summed E-state index contributed by atoms with van der Waals surface area (Å²) in [5, 5.41) is 10.4. The molecule has 0 bridgehead atoms. The summed E-state index contributed by atoms with van der Waals surface area (Å²) in [5.41, 5.74) is 6.78. The first-order valence-corrected chi connectivity index (χ1v) is 7.74. The van der Waals surface area contributed by atoms with Crippen LogP contribution in [0.4, 0.5) is 5.69 Å². The van der Waals surface area contributed by atoms with Gasteiger partial charge in [-0.25, -0.2) is 0 Å². The van der Waals surface area contributed by atoms with Crippen molar-refractivity contribution in [1.29, 1.82) is 0 Å². The molecule has 0 aromatic heterocycles. The van der Waals surface area contributed by atoms with Crippen molar-refractivity contribution in [2.45, 2.75) is 48.4 Å². The van der Waals surface area contributed by atoms with Crippen LogP contribution in [0.5, 0.6) is 0 Å². The third kappa shape index (κ3) is 3.63. The molecular weight excluding hydrogens is 298 g/mol. The summed E-state index contributed by atoms with van der Waals surface area (Å²) in [6.07, 6.45) is 5.42. The van der Waals surface area contributed by atoms with E-state index in [1.807, 2.05) is 18.2 Å². The molecule has 1 aromatic rings. The fourth-order valence-corrected chi connectivity index (χ4v) is 3.81. The first-order chi connectivity index (χ1) is 8.16. The Bertz CT molecular complexity index is 386. The summed E-state index contributed by atoms with van der Waals surface area (Å²) in [7, 11) is 0. The molecule has 0 spiro atoms. The smallest absolute Gasteiger partial charge is 0.0662 e. The molecule has 1 aliphatic rings. The van der Waals surface area contributed by atoms with Gasteiger partial charge in [0.15, 0.2) is 0 Å². The third-order valence-corrected chi connectivity index (χ3v) is 5.14. The van der Waals surface area contributed by atoms with Gasteiger partial charge in [-0.2, -0.15) is 0 Å². The van der Waals surface area contributed by atoms with E-state index < -0.39 is 0 Å². The predicted molar refractivity (Wildman–Crippen MR) is 77.3 cm³/mol. The lowest BCUT2D eigenvalue weighted by Crippen LogP contribution is -2.21. The lowest BCUT2D eigenvalue weighted by molar-refractivity contribution is 0.163. The number of halogens is 1. The summed E-state index contributed by atoms with van der Waals surface area (Å²) >= 11 is 5.13. The number of hydrogen-bond donors (Lipinski definition) is 2. The number of nitrogen functional groups attached to an aromatic ring is 1. The average Bonchev–Trinajstić information content (AvgIpc) is 2.48. The van der Waals surface area contributed by atoms with Gasteiger partial charge in [0.1, 0.15) is 0 Å². The second-order valence-electron chi connectivity index (χ2n) is 4.54. The van der Waals surface area contributed by atoms with Gasteiger partial charge < -0.3 is 10.8 Å². The largest absolute Gasteiger partial charge is 0.398 e. The van der Waals surface area contributed by atoms with E-state index >= 15 is 0 Å². The number of thioether (sulfide) groups is 1. The molecule has 0 amide bonds. The molecule has 2 unspecified atom stereocenters. The first kappa shape index (κ1) is 13.2. The van der Waals surface area contributed by atoms with Gasteiger partial charge in [0.05, 0.1) is 6.10 Å². The summed E-state index contributed by atoms with van der Waals surface area (Å²) < 4.78 is 1.00. The van der Waals surface area contributed by atoms with E-state index in [0.29, 0.717) is 5.25 Å². The second-order valence-corrected chi connectivity index (χ2v) is 6.74. The maximum atomic E-state index is 10.1. The molecule has 94 valence electrons. The Hall–Kier alpha value is -0.190. The van der Waals surface area contributed by atoms with Crippen molar-refractivity contribution < 1.29 is 5.11 Å². The van der Waals surface area contributed by atoms with E-state index in [2.05, 4.69) is 15.9 Å². The molecule has 0 saturated heterocycles. The van der Waals surface area contributed by atoms with Crippen LogP contribution in [0.2, 0.25) is 0 Å². The number of anilines is 1. The highest BCUT2D eigenvalue weighted by Crippen LogP contribution is 2.36. The number of nitrogens with two attached hydrogens (primary N) is 1. The molecule has 1 aliphatic carbocycles. The monoisotopic (exact) mass is 315 g/mol. The number of aliphatic hydroxyl groups is 1. The molecule has 1 aromatic carbocycles. The number of rotatable bonds is 2. The Morgan fingerprint density at radius 3 is 2.76 bits per heavy atom. The molecule has 3 N–H and O–H groups in total. The molecule has 2 rings (SSSR count). The van der Waals surface area contributed by atoms with Crippen molar-refractivity contribution in [1.82, 2.24) is 0 Å². The normalized spacial score (nSPS) is 25.5. The molecule has 1 fully saturated rings. The van der Waals surface area contributed by atoms with Crippen LogP contribution in [0, 0.1) is 0 Å². The highest BCUT2D eigenvalue weighted by molar-refractivity contribution is 9.10. The zero-order chi connectivity index (χ0) is 12.3. The number of hydrogen-bond acceptors (Lipinski definition) is 3. The van der Waals surface area contributed by atoms with Crippen molar-refractivity contribution in [3.05, 3.63) is 22.7 Å². The van der Waals surface area contributed by atoms with Crippen molar-refractivity contribution in [3.8, 4) is 0 Å². The van der Waals surface area contributed by atoms with Gasteiger partial charge in [-0.15, -0.1) is 11.8 Å². The molecule has 0 aliphatic heterocycles. The first-order valence-electron chi connectivity index (χ1n) is 6.06. The van der Waals surface area contributed by atoms with Crippen LogP contribution in [0.25, 0.3) is 0 Å². The molecular formula is C13H18BrNOS. The van der Waals surface area contributed by atoms with E-state index in [1.54, 1.807) is 11.8 Å². The van der Waals surface area contributed by atoms with E-state index in [1.165, 1.54) is 12.8 Å². The zero-order valence-electron chi connectivity index (χ0n) is 9.73. The minimum atomic E-state index is -0.189. The zero-order valence-corrected chi connectivity index (χ0v) is 12.1. The van der Waals surface area contributed by atoms with Gasteiger partial charge in [0.2, 0.25) is 0 Å². The standard InChI is InChI=1S/C13H18BrNOS/c14-9-6-7-12(10(15)8-9)17-13-5-3-1-2-4-11(13)16/h6-8,11,13,16H,1-5,15H2. The number of aliphatic hydroxyl groups excluding tert-OH is 1. The minimum absolute atomic E-state index is 0.189. The van der Waals surface area contributed by atoms with Gasteiger partial charge in [0, 0.05) is 20.3 Å². The highest BCUT2D eigenvalue weighted by Gasteiger charge is 2.23. The third-order valence-electron chi connectivity index (χ3n) is 3.17. The van der Waals surface area contributed by atoms with Gasteiger partial charge in [-0.3, -0.25) is 0 Å². The van der Waals surface area contributed by atoms with Crippen molar-refractivity contribution in [2.24, 2.45) is 0 Å². The van der Waals surface area contributed by atoms with Crippen LogP contribution in [-0.2, 0) is 0 Å². The Balaban J connectivity index is 2.08. The number of benzene rings is 1. The summed E-state index contributed by atoms with van der Waals surface area (Å²) in [5.74, 6) is 0. The second kappa shape index (κ2) is 6.12. The van der Waals surface area contributed by atoms with Crippen LogP contribution in [0.15, 0.2) is 27.6 Å². The Morgan fingerprint density at radius 2 is 2.00 bits per heavy atom. The van der Waals surface area contributed by atoms with E-state index in [0.717, 1.165) is 34.3 Å². The van der Waals surface area contributed by atoms with Gasteiger partial charge in [-0.1, -0.05) is 35.2 Å². The van der Waals surface area contributed by atoms with Crippen LogP contribution in [0.3, 0.4) is 0 Å². The van der Waals surface area contributed by atoms with Crippen LogP contribution in [0.1, 0.15) is 32.1 Å². The Labute approximate surface area is 115 Å². The molecule has 1 saturated carbocycles. The molecule has 2 nitrogen and oxygen atoms in total. The fourth-order valence-electron chi connectivity index (χ4n) is 2.18. The fraction of sp³-hybridized carbons (Fsp3) is 0.538. The lowest BCUT2D eigenvalue weighted by Gasteiger charge is -2.20. The topological polar surface area (TPSA) is 46.2 Å². The maximum Gasteiger partial charge on any atom is 0.0662 e. The minimum Gasteiger partial charge on any atom is -0.398 e. The van der Waals surface area contributed by atoms with Crippen molar-refractivity contribution in [3.63, 3.8) is 0 Å². The summed E-state index contributed by atoms with van der Waals surface area (Å²) in [6.45, 7) is 0. The van der Waals surface area contributed by atoms with Crippen molar-refractivity contribution in [2.75, 3.05) is 5.73 Å². The van der Waals surface area contributed by atoms with Gasteiger partial charge in [0.25, 0.3) is 0 Å². The van der Waals surface area contributed by atoms with Crippen molar-refractivity contribution >= 4 is 33.4 Å². The molecule has 0 radical (unpaired) electrons. The molecule has 0 heterocycles. The Morgan fingerprint density at radius 1 is 1.24 bits per heavy atom. The van der Waals surface area contributed by atoms with Crippen LogP contribution in [-0.4, -0.2) is 16.5 Å². The average molecular weight is 316 g/mol. The maximum absolute atomic E-state index is 10.1.